The van der Waals surface area contributed by atoms with Crippen LogP contribution in [-0.2, 0) is 14.3 Å². The highest BCUT2D eigenvalue weighted by molar-refractivity contribution is 6.27. The van der Waals surface area contributed by atoms with Crippen molar-refractivity contribution < 1.29 is 14.3 Å². The molecule has 0 aromatic heterocycles. The van der Waals surface area contributed by atoms with Crippen molar-refractivity contribution in [1.29, 1.82) is 0 Å². The van der Waals surface area contributed by atoms with Crippen LogP contribution in [0.15, 0.2) is 0 Å². The number of ether oxygens (including phenoxy) is 1. The van der Waals surface area contributed by atoms with E-state index in [-0.39, 0.29) is 17.8 Å². The first-order valence-electron chi connectivity index (χ1n) is 5.93. The smallest absolute Gasteiger partial charge is 0.329 e. The number of alkyl halides is 1. The Morgan fingerprint density at radius 2 is 2.00 bits per heavy atom. The molecule has 5 heteroatoms. The van der Waals surface area contributed by atoms with E-state index >= 15 is 0 Å². The van der Waals surface area contributed by atoms with Gasteiger partial charge >= 0.3 is 5.97 Å². The Balaban J connectivity index is 2.71. The third-order valence-corrected chi connectivity index (χ3v) is 2.84. The summed E-state index contributed by atoms with van der Waals surface area (Å²) in [4.78, 5) is 25.2. The SMILES string of the molecule is CC(C)(C)OC(=O)C1CCCCN1C(=O)CCl. The number of nitrogens with zero attached hydrogens (tertiary/aromatic N) is 1. The predicted octanol–water partition coefficient (Wildman–Crippen LogP) is 1.95. The fourth-order valence-electron chi connectivity index (χ4n) is 1.92. The van der Waals surface area contributed by atoms with Crippen LogP contribution < -0.4 is 0 Å². The second-order valence-electron chi connectivity index (χ2n) is 5.27. The third-order valence-electron chi connectivity index (χ3n) is 2.62. The molecule has 0 saturated carbocycles. The largest absolute Gasteiger partial charge is 0.458 e. The molecule has 0 N–H and O–H groups in total. The van der Waals surface area contributed by atoms with Gasteiger partial charge in [0.25, 0.3) is 0 Å². The lowest BCUT2D eigenvalue weighted by Crippen LogP contribution is -2.50. The van der Waals surface area contributed by atoms with Gasteiger partial charge in [0, 0.05) is 6.54 Å². The molecule has 0 aromatic rings. The minimum atomic E-state index is -0.524. The Morgan fingerprint density at radius 3 is 2.53 bits per heavy atom. The lowest BCUT2D eigenvalue weighted by Gasteiger charge is -2.35. The topological polar surface area (TPSA) is 46.6 Å². The van der Waals surface area contributed by atoms with Crippen LogP contribution in [0.2, 0.25) is 0 Å². The van der Waals surface area contributed by atoms with E-state index in [1.807, 2.05) is 20.8 Å². The second-order valence-corrected chi connectivity index (χ2v) is 5.53. The van der Waals surface area contributed by atoms with Gasteiger partial charge in [-0.05, 0) is 40.0 Å². The van der Waals surface area contributed by atoms with Gasteiger partial charge in [0.05, 0.1) is 0 Å². The first kappa shape index (κ1) is 14.3. The summed E-state index contributed by atoms with van der Waals surface area (Å²) in [6, 6.07) is -0.464. The highest BCUT2D eigenvalue weighted by Gasteiger charge is 2.34. The van der Waals surface area contributed by atoms with Crippen LogP contribution in [0.4, 0.5) is 0 Å². The molecule has 1 fully saturated rings. The van der Waals surface area contributed by atoms with Crippen molar-refractivity contribution in [1.82, 2.24) is 4.90 Å². The number of halogens is 1. The van der Waals surface area contributed by atoms with E-state index in [9.17, 15) is 9.59 Å². The van der Waals surface area contributed by atoms with Gasteiger partial charge < -0.3 is 9.64 Å². The van der Waals surface area contributed by atoms with E-state index in [1.165, 1.54) is 0 Å². The summed E-state index contributed by atoms with van der Waals surface area (Å²) in [6.45, 7) is 6.06. The Kier molecular flexibility index (Phi) is 4.80. The van der Waals surface area contributed by atoms with Crippen LogP contribution in [0.3, 0.4) is 0 Å². The van der Waals surface area contributed by atoms with Crippen molar-refractivity contribution in [3.63, 3.8) is 0 Å². The van der Waals surface area contributed by atoms with Crippen molar-refractivity contribution in [2.24, 2.45) is 0 Å². The molecule has 1 rings (SSSR count). The quantitative estimate of drug-likeness (QED) is 0.564. The van der Waals surface area contributed by atoms with Crippen molar-refractivity contribution in [2.75, 3.05) is 12.4 Å². The van der Waals surface area contributed by atoms with E-state index in [1.54, 1.807) is 4.90 Å². The molecule has 1 aliphatic heterocycles. The number of hydrogen-bond acceptors (Lipinski definition) is 3. The Labute approximate surface area is 107 Å². The minimum absolute atomic E-state index is 0.0840. The zero-order valence-corrected chi connectivity index (χ0v) is 11.4. The molecule has 1 aliphatic rings. The maximum absolute atomic E-state index is 12.0. The molecule has 1 heterocycles. The molecule has 1 saturated heterocycles. The van der Waals surface area contributed by atoms with E-state index < -0.39 is 11.6 Å². The van der Waals surface area contributed by atoms with Crippen molar-refractivity contribution >= 4 is 23.5 Å². The lowest BCUT2D eigenvalue weighted by atomic mass is 10.0. The fraction of sp³-hybridized carbons (Fsp3) is 0.833. The maximum Gasteiger partial charge on any atom is 0.329 e. The van der Waals surface area contributed by atoms with Crippen LogP contribution in [0.5, 0.6) is 0 Å². The molecule has 98 valence electrons. The van der Waals surface area contributed by atoms with Crippen LogP contribution in [0.25, 0.3) is 0 Å². The van der Waals surface area contributed by atoms with Crippen LogP contribution in [0, 0.1) is 0 Å². The molecule has 4 nitrogen and oxygen atoms in total. The van der Waals surface area contributed by atoms with Gasteiger partial charge in [0.1, 0.15) is 17.5 Å². The molecule has 17 heavy (non-hydrogen) atoms. The molecular formula is C12H20ClNO3. The number of hydrogen-bond donors (Lipinski definition) is 0. The first-order valence-corrected chi connectivity index (χ1v) is 6.47. The molecule has 1 amide bonds. The zero-order chi connectivity index (χ0) is 13.1. The highest BCUT2D eigenvalue weighted by atomic mass is 35.5. The standard InChI is InChI=1S/C12H20ClNO3/c1-12(2,3)17-11(16)9-6-4-5-7-14(9)10(15)8-13/h9H,4-8H2,1-3H3. The monoisotopic (exact) mass is 261 g/mol. The maximum atomic E-state index is 12.0. The Bertz CT molecular complexity index is 299. The number of rotatable bonds is 2. The average molecular weight is 262 g/mol. The summed E-state index contributed by atoms with van der Waals surface area (Å²) in [5.41, 5.74) is -0.524. The minimum Gasteiger partial charge on any atom is -0.458 e. The van der Waals surface area contributed by atoms with E-state index in [4.69, 9.17) is 16.3 Å². The summed E-state index contributed by atoms with van der Waals surface area (Å²) < 4.78 is 5.33. The summed E-state index contributed by atoms with van der Waals surface area (Å²) in [6.07, 6.45) is 2.52. The van der Waals surface area contributed by atoms with Crippen molar-refractivity contribution in [2.45, 2.75) is 51.7 Å². The second kappa shape index (κ2) is 5.71. The van der Waals surface area contributed by atoms with E-state index in [0.717, 1.165) is 12.8 Å². The highest BCUT2D eigenvalue weighted by Crippen LogP contribution is 2.21. The van der Waals surface area contributed by atoms with Gasteiger partial charge in [-0.15, -0.1) is 11.6 Å². The van der Waals surface area contributed by atoms with Gasteiger partial charge in [0.15, 0.2) is 0 Å². The summed E-state index contributed by atoms with van der Waals surface area (Å²) >= 11 is 5.55. The fourth-order valence-corrected chi connectivity index (χ4v) is 2.08. The number of piperidine rings is 1. The molecule has 0 aromatic carbocycles. The predicted molar refractivity (Wildman–Crippen MR) is 65.9 cm³/mol. The van der Waals surface area contributed by atoms with Gasteiger partial charge in [0.2, 0.25) is 5.91 Å². The molecule has 0 radical (unpaired) electrons. The number of carbonyl (C=O) groups is 2. The first-order chi connectivity index (χ1) is 7.85. The van der Waals surface area contributed by atoms with Crippen molar-refractivity contribution in [3.8, 4) is 0 Å². The average Bonchev–Trinajstić information content (AvgIpc) is 2.25. The van der Waals surface area contributed by atoms with Crippen molar-refractivity contribution in [3.05, 3.63) is 0 Å². The third kappa shape index (κ3) is 4.19. The van der Waals surface area contributed by atoms with Gasteiger partial charge in [-0.3, -0.25) is 4.79 Å². The van der Waals surface area contributed by atoms with Gasteiger partial charge in [-0.1, -0.05) is 0 Å². The molecule has 0 spiro atoms. The number of esters is 1. The molecular weight excluding hydrogens is 242 g/mol. The summed E-state index contributed by atoms with van der Waals surface area (Å²) in [5, 5.41) is 0. The van der Waals surface area contributed by atoms with E-state index in [2.05, 4.69) is 0 Å². The number of likely N-dealkylation sites (tertiary alicyclic amines) is 1. The summed E-state index contributed by atoms with van der Waals surface area (Å²) in [7, 11) is 0. The molecule has 1 atom stereocenters. The van der Waals surface area contributed by atoms with Gasteiger partial charge in [-0.2, -0.15) is 0 Å². The Hall–Kier alpha value is -0.770. The Morgan fingerprint density at radius 1 is 1.35 bits per heavy atom. The zero-order valence-electron chi connectivity index (χ0n) is 10.7. The molecule has 0 bridgehead atoms. The lowest BCUT2D eigenvalue weighted by molar-refractivity contribution is -0.166. The number of amides is 1. The molecule has 1 unspecified atom stereocenters. The van der Waals surface area contributed by atoms with Gasteiger partial charge in [-0.25, -0.2) is 4.79 Å². The van der Waals surface area contributed by atoms with Crippen LogP contribution in [0.1, 0.15) is 40.0 Å². The normalized spacial score (nSPS) is 21.2. The van der Waals surface area contributed by atoms with Crippen LogP contribution in [-0.4, -0.2) is 40.8 Å². The number of carbonyl (C=O) groups excluding carboxylic acids is 2. The van der Waals surface area contributed by atoms with E-state index in [0.29, 0.717) is 13.0 Å². The summed E-state index contributed by atoms with van der Waals surface area (Å²) in [5.74, 6) is -0.600. The molecule has 0 aliphatic carbocycles. The van der Waals surface area contributed by atoms with Crippen LogP contribution >= 0.6 is 11.6 Å².